The van der Waals surface area contributed by atoms with Gasteiger partial charge in [-0.05, 0) is 55.7 Å². The summed E-state index contributed by atoms with van der Waals surface area (Å²) in [5.74, 6) is 2.87. The Balaban J connectivity index is 1.55. The summed E-state index contributed by atoms with van der Waals surface area (Å²) in [6.07, 6.45) is 3.07. The highest BCUT2D eigenvalue weighted by molar-refractivity contribution is 5.78. The fourth-order valence-corrected chi connectivity index (χ4v) is 3.86. The van der Waals surface area contributed by atoms with Crippen LogP contribution >= 0.6 is 0 Å². The molecule has 1 fully saturated rings. The second-order valence-electron chi connectivity index (χ2n) is 7.34. The zero-order valence-electron chi connectivity index (χ0n) is 16.4. The predicted octanol–water partition coefficient (Wildman–Crippen LogP) is 4.48. The van der Waals surface area contributed by atoms with E-state index in [2.05, 4.69) is 11.1 Å². The van der Waals surface area contributed by atoms with Crippen LogP contribution in [-0.4, -0.2) is 24.8 Å². The number of nitrogens with zero attached hydrogens (tertiary/aromatic N) is 2. The third-order valence-corrected chi connectivity index (χ3v) is 5.39. The van der Waals surface area contributed by atoms with Gasteiger partial charge in [0.1, 0.15) is 48.3 Å². The van der Waals surface area contributed by atoms with E-state index >= 15 is 0 Å². The molecule has 0 bridgehead atoms. The number of nitrogens with two attached hydrogens (primary N) is 1. The van der Waals surface area contributed by atoms with Crippen molar-refractivity contribution in [3.63, 3.8) is 0 Å². The van der Waals surface area contributed by atoms with Gasteiger partial charge in [0.2, 0.25) is 0 Å². The molecule has 4 heterocycles. The first-order valence-electron chi connectivity index (χ1n) is 10.1. The van der Waals surface area contributed by atoms with Crippen LogP contribution < -0.4 is 15.2 Å². The topological polar surface area (TPSA) is 104 Å². The minimum Gasteiger partial charge on any atom is -0.486 e. The van der Waals surface area contributed by atoms with Gasteiger partial charge < -0.3 is 24.4 Å². The molecule has 2 aliphatic heterocycles. The number of nitriles is 1. The zero-order valence-corrected chi connectivity index (χ0v) is 16.4. The Bertz CT molecular complexity index is 1130. The quantitative estimate of drug-likeness (QED) is 0.688. The molecule has 1 saturated heterocycles. The molecular weight excluding hydrogens is 382 g/mol. The maximum absolute atomic E-state index is 9.66. The van der Waals surface area contributed by atoms with E-state index in [0.29, 0.717) is 47.3 Å². The van der Waals surface area contributed by atoms with Gasteiger partial charge in [0.05, 0.1) is 5.69 Å². The normalized spacial score (nSPS) is 18.0. The lowest BCUT2D eigenvalue weighted by atomic mass is 10.0. The number of rotatable bonds is 3. The Morgan fingerprint density at radius 2 is 1.87 bits per heavy atom. The lowest BCUT2D eigenvalue weighted by Crippen LogP contribution is -2.15. The number of nitrogen functional groups attached to an aromatic ring is 1. The van der Waals surface area contributed by atoms with Crippen LogP contribution in [0.25, 0.3) is 22.6 Å². The van der Waals surface area contributed by atoms with Crippen LogP contribution in [0, 0.1) is 11.3 Å². The number of anilines is 1. The summed E-state index contributed by atoms with van der Waals surface area (Å²) in [5, 5.41) is 9.66. The molecule has 3 aromatic rings. The van der Waals surface area contributed by atoms with Gasteiger partial charge >= 0.3 is 0 Å². The number of pyridine rings is 1. The molecule has 7 nitrogen and oxygen atoms in total. The van der Waals surface area contributed by atoms with Crippen LogP contribution in [0.15, 0.2) is 40.8 Å². The summed E-state index contributed by atoms with van der Waals surface area (Å²) in [6, 6.07) is 13.4. The van der Waals surface area contributed by atoms with Gasteiger partial charge in [0.25, 0.3) is 0 Å². The molecular formula is C23H21N3O4. The molecule has 0 saturated carbocycles. The molecule has 2 aromatic heterocycles. The van der Waals surface area contributed by atoms with Gasteiger partial charge in [-0.3, -0.25) is 0 Å². The standard InChI is InChI=1S/C23H21N3O4/c24-13-16-15(18-6-7-21(30-18)19-3-1-2-8-27-19)12-17(26-23(16)25)14-4-5-20-22(11-14)29-10-9-28-20/h4-7,11-12,19H,1-3,8-10H2,(H2,25,26). The van der Waals surface area contributed by atoms with Gasteiger partial charge in [-0.2, -0.15) is 5.26 Å². The van der Waals surface area contributed by atoms with E-state index in [0.717, 1.165) is 37.2 Å². The highest BCUT2D eigenvalue weighted by Gasteiger charge is 2.22. The second kappa shape index (κ2) is 7.73. The van der Waals surface area contributed by atoms with Crippen LogP contribution in [0.4, 0.5) is 5.82 Å². The van der Waals surface area contributed by atoms with E-state index in [1.165, 1.54) is 0 Å². The molecule has 30 heavy (non-hydrogen) atoms. The van der Waals surface area contributed by atoms with Crippen molar-refractivity contribution in [2.45, 2.75) is 25.4 Å². The van der Waals surface area contributed by atoms with Crippen molar-refractivity contribution in [1.29, 1.82) is 5.26 Å². The molecule has 1 aromatic carbocycles. The number of benzene rings is 1. The number of hydrogen-bond acceptors (Lipinski definition) is 7. The fraction of sp³-hybridized carbons (Fsp3) is 0.304. The van der Waals surface area contributed by atoms with E-state index in [1.54, 1.807) is 0 Å². The number of hydrogen-bond donors (Lipinski definition) is 1. The van der Waals surface area contributed by atoms with E-state index in [-0.39, 0.29) is 11.9 Å². The second-order valence-corrected chi connectivity index (χ2v) is 7.34. The summed E-state index contributed by atoms with van der Waals surface area (Å²) < 4.78 is 23.2. The first-order valence-corrected chi connectivity index (χ1v) is 10.1. The van der Waals surface area contributed by atoms with Crippen LogP contribution in [-0.2, 0) is 4.74 Å². The molecule has 152 valence electrons. The summed E-state index contributed by atoms with van der Waals surface area (Å²) in [6.45, 7) is 1.77. The highest BCUT2D eigenvalue weighted by atomic mass is 16.6. The maximum Gasteiger partial charge on any atom is 0.162 e. The fourth-order valence-electron chi connectivity index (χ4n) is 3.86. The molecule has 0 spiro atoms. The first kappa shape index (κ1) is 18.5. The molecule has 2 aliphatic rings. The Hall–Kier alpha value is -3.50. The van der Waals surface area contributed by atoms with Gasteiger partial charge in [0.15, 0.2) is 11.5 Å². The van der Waals surface area contributed by atoms with Crippen molar-refractivity contribution in [3.05, 3.63) is 47.7 Å². The van der Waals surface area contributed by atoms with Gasteiger partial charge in [-0.25, -0.2) is 4.98 Å². The SMILES string of the molecule is N#Cc1c(-c2ccc(C3CCCCO3)o2)cc(-c2ccc3c(c2)OCCO3)nc1N. The maximum atomic E-state index is 9.66. The number of ether oxygens (including phenoxy) is 3. The first-order chi connectivity index (χ1) is 14.7. The van der Waals surface area contributed by atoms with E-state index < -0.39 is 0 Å². The Labute approximate surface area is 174 Å². The average molecular weight is 403 g/mol. The van der Waals surface area contributed by atoms with Crippen molar-refractivity contribution < 1.29 is 18.6 Å². The number of furan rings is 1. The van der Waals surface area contributed by atoms with Gasteiger partial charge in [0, 0.05) is 17.7 Å². The van der Waals surface area contributed by atoms with Crippen molar-refractivity contribution in [2.24, 2.45) is 0 Å². The van der Waals surface area contributed by atoms with E-state index in [9.17, 15) is 5.26 Å². The summed E-state index contributed by atoms with van der Waals surface area (Å²) in [7, 11) is 0. The molecule has 7 heteroatoms. The lowest BCUT2D eigenvalue weighted by molar-refractivity contribution is 0.00222. The monoisotopic (exact) mass is 403 g/mol. The third kappa shape index (κ3) is 3.36. The van der Waals surface area contributed by atoms with Gasteiger partial charge in [-0.15, -0.1) is 0 Å². The smallest absolute Gasteiger partial charge is 0.162 e. The van der Waals surface area contributed by atoms with Crippen LogP contribution in [0.3, 0.4) is 0 Å². The third-order valence-electron chi connectivity index (χ3n) is 5.39. The Kier molecular flexibility index (Phi) is 4.77. The lowest BCUT2D eigenvalue weighted by Gasteiger charge is -2.20. The molecule has 5 rings (SSSR count). The largest absolute Gasteiger partial charge is 0.486 e. The van der Waals surface area contributed by atoms with E-state index in [1.807, 2.05) is 36.4 Å². The highest BCUT2D eigenvalue weighted by Crippen LogP contribution is 2.38. The van der Waals surface area contributed by atoms with Crippen molar-refractivity contribution in [1.82, 2.24) is 4.98 Å². The minimum atomic E-state index is -0.0468. The summed E-state index contributed by atoms with van der Waals surface area (Å²) in [5.41, 5.74) is 8.49. The number of fused-ring (bicyclic) bond motifs is 1. The van der Waals surface area contributed by atoms with E-state index in [4.69, 9.17) is 24.4 Å². The van der Waals surface area contributed by atoms with Crippen LogP contribution in [0.1, 0.15) is 36.7 Å². The summed E-state index contributed by atoms with van der Waals surface area (Å²) in [4.78, 5) is 4.44. The van der Waals surface area contributed by atoms with Crippen molar-refractivity contribution in [2.75, 3.05) is 25.6 Å². The minimum absolute atomic E-state index is 0.0468. The molecule has 2 N–H and O–H groups in total. The Morgan fingerprint density at radius 1 is 1.00 bits per heavy atom. The van der Waals surface area contributed by atoms with Gasteiger partial charge in [-0.1, -0.05) is 0 Å². The molecule has 1 atom stereocenters. The van der Waals surface area contributed by atoms with Crippen LogP contribution in [0.5, 0.6) is 11.5 Å². The molecule has 0 aliphatic carbocycles. The number of aromatic nitrogens is 1. The predicted molar refractivity (Wildman–Crippen MR) is 110 cm³/mol. The van der Waals surface area contributed by atoms with Crippen LogP contribution in [0.2, 0.25) is 0 Å². The van der Waals surface area contributed by atoms with Crippen molar-refractivity contribution >= 4 is 5.82 Å². The molecule has 0 amide bonds. The zero-order chi connectivity index (χ0) is 20.5. The Morgan fingerprint density at radius 3 is 2.67 bits per heavy atom. The van der Waals surface area contributed by atoms with Crippen molar-refractivity contribution in [3.8, 4) is 40.1 Å². The molecule has 0 radical (unpaired) electrons. The molecule has 1 unspecified atom stereocenters. The average Bonchev–Trinajstić information content (AvgIpc) is 3.29. The summed E-state index contributed by atoms with van der Waals surface area (Å²) >= 11 is 0.